The van der Waals surface area contributed by atoms with Crippen molar-refractivity contribution in [2.75, 3.05) is 10.0 Å². The molecule has 0 fully saturated rings. The van der Waals surface area contributed by atoms with Crippen molar-refractivity contribution in [3.63, 3.8) is 0 Å². The number of hydrogen-bond donors (Lipinski definition) is 3. The minimum atomic E-state index is -5.14. The number of benzene rings is 4. The lowest BCUT2D eigenvalue weighted by molar-refractivity contribution is -0.275. The van der Waals surface area contributed by atoms with Gasteiger partial charge in [-0.2, -0.15) is 0 Å². The van der Waals surface area contributed by atoms with Gasteiger partial charge in [0.1, 0.15) is 10.6 Å². The highest BCUT2D eigenvalue weighted by Crippen LogP contribution is 2.36. The summed E-state index contributed by atoms with van der Waals surface area (Å²) in [5.74, 6) is -2.01. The van der Waals surface area contributed by atoms with Gasteiger partial charge in [0, 0.05) is 22.6 Å². The van der Waals surface area contributed by atoms with E-state index in [-0.39, 0.29) is 28.0 Å². The van der Waals surface area contributed by atoms with E-state index in [9.17, 15) is 31.5 Å². The van der Waals surface area contributed by atoms with Gasteiger partial charge in [-0.05, 0) is 66.4 Å². The standard InChI is InChI=1S/C32H30BrF3N2O6S/c1-2-3-7-21-10-13-24(14-11-21)37-27-20-25(43-29(31(39)40)18-22-8-5-4-6-9-22)15-16-26(27)38-45(41,42)30-17-12-23(33)19-28(30)44-32(34,35)36/h4-6,8-17,19-20,29,37-38H,2-3,7,18H2,1H3,(H,39,40). The molecule has 0 radical (unpaired) electrons. The van der Waals surface area contributed by atoms with Crippen LogP contribution in [0.5, 0.6) is 11.5 Å². The van der Waals surface area contributed by atoms with Gasteiger partial charge < -0.3 is 19.9 Å². The summed E-state index contributed by atoms with van der Waals surface area (Å²) in [5.41, 5.74) is 2.56. The molecule has 0 saturated carbocycles. The number of carboxylic acid groups (broad SMARTS) is 1. The molecule has 0 aliphatic heterocycles. The van der Waals surface area contributed by atoms with E-state index in [2.05, 4.69) is 37.6 Å². The molecule has 8 nitrogen and oxygen atoms in total. The smallest absolute Gasteiger partial charge is 0.478 e. The monoisotopic (exact) mass is 706 g/mol. The zero-order valence-electron chi connectivity index (χ0n) is 24.0. The molecule has 0 aromatic heterocycles. The maximum atomic E-state index is 13.4. The van der Waals surface area contributed by atoms with Crippen LogP contribution in [0.3, 0.4) is 0 Å². The second-order valence-corrected chi connectivity index (χ2v) is 12.6. The first-order valence-electron chi connectivity index (χ1n) is 13.8. The molecule has 1 unspecified atom stereocenters. The SMILES string of the molecule is CCCCc1ccc(Nc2cc(OC(Cc3ccccc3)C(=O)O)ccc2NS(=O)(=O)c2ccc(Br)cc2OC(F)(F)F)cc1. The van der Waals surface area contributed by atoms with Gasteiger partial charge in [-0.1, -0.05) is 71.7 Å². The number of carbonyl (C=O) groups is 1. The molecule has 4 rings (SSSR count). The summed E-state index contributed by atoms with van der Waals surface area (Å²) >= 11 is 3.04. The third-order valence-corrected chi connectivity index (χ3v) is 8.42. The second-order valence-electron chi connectivity index (χ2n) is 10.0. The maximum Gasteiger partial charge on any atom is 0.573 e. The van der Waals surface area contributed by atoms with Crippen LogP contribution in [0.4, 0.5) is 30.2 Å². The average molecular weight is 708 g/mol. The van der Waals surface area contributed by atoms with Gasteiger partial charge in [-0.25, -0.2) is 13.2 Å². The van der Waals surface area contributed by atoms with E-state index in [0.717, 1.165) is 42.5 Å². The van der Waals surface area contributed by atoms with E-state index < -0.39 is 39.1 Å². The number of aliphatic carboxylic acids is 1. The van der Waals surface area contributed by atoms with E-state index >= 15 is 0 Å². The van der Waals surface area contributed by atoms with E-state index in [1.54, 1.807) is 42.5 Å². The number of sulfonamides is 1. The summed E-state index contributed by atoms with van der Waals surface area (Å²) in [6, 6.07) is 23.6. The van der Waals surface area contributed by atoms with Crippen molar-refractivity contribution >= 4 is 49.0 Å². The van der Waals surface area contributed by atoms with Crippen LogP contribution in [-0.4, -0.2) is 32.0 Å². The zero-order chi connectivity index (χ0) is 32.6. The van der Waals surface area contributed by atoms with E-state index in [1.807, 2.05) is 12.1 Å². The number of rotatable bonds is 14. The van der Waals surface area contributed by atoms with Crippen molar-refractivity contribution in [3.05, 3.63) is 107 Å². The molecule has 0 aliphatic carbocycles. The van der Waals surface area contributed by atoms with Gasteiger partial charge in [-0.15, -0.1) is 13.2 Å². The first-order valence-corrected chi connectivity index (χ1v) is 16.1. The summed E-state index contributed by atoms with van der Waals surface area (Å²) in [6.07, 6.45) is -3.39. The Morgan fingerprint density at radius 3 is 2.29 bits per heavy atom. The van der Waals surface area contributed by atoms with E-state index in [4.69, 9.17) is 4.74 Å². The number of alkyl halides is 3. The molecule has 3 N–H and O–H groups in total. The van der Waals surface area contributed by atoms with Crippen LogP contribution in [0.2, 0.25) is 0 Å². The first kappa shape index (κ1) is 33.7. The van der Waals surface area contributed by atoms with Crippen LogP contribution in [-0.2, 0) is 27.7 Å². The fraction of sp³-hybridized carbons (Fsp3) is 0.219. The van der Waals surface area contributed by atoms with Gasteiger partial charge in [0.15, 0.2) is 11.9 Å². The molecule has 0 amide bonds. The second kappa shape index (κ2) is 14.7. The lowest BCUT2D eigenvalue weighted by Gasteiger charge is -2.20. The minimum Gasteiger partial charge on any atom is -0.478 e. The highest BCUT2D eigenvalue weighted by molar-refractivity contribution is 9.10. The molecular formula is C32H30BrF3N2O6S. The zero-order valence-corrected chi connectivity index (χ0v) is 26.4. The molecule has 4 aromatic rings. The number of nitrogens with one attached hydrogen (secondary N) is 2. The summed E-state index contributed by atoms with van der Waals surface area (Å²) in [4.78, 5) is 11.3. The Balaban J connectivity index is 1.69. The predicted molar refractivity (Wildman–Crippen MR) is 169 cm³/mol. The number of unbranched alkanes of at least 4 members (excludes halogenated alkanes) is 1. The van der Waals surface area contributed by atoms with Crippen LogP contribution >= 0.6 is 15.9 Å². The van der Waals surface area contributed by atoms with E-state index in [0.29, 0.717) is 5.69 Å². The number of ether oxygens (including phenoxy) is 2. The summed E-state index contributed by atoms with van der Waals surface area (Å²) in [7, 11) is -4.63. The Bertz CT molecular complexity index is 1720. The van der Waals surface area contributed by atoms with Crippen molar-refractivity contribution in [2.24, 2.45) is 0 Å². The lowest BCUT2D eigenvalue weighted by Crippen LogP contribution is -2.29. The van der Waals surface area contributed by atoms with Crippen molar-refractivity contribution in [1.82, 2.24) is 0 Å². The third-order valence-electron chi connectivity index (χ3n) is 6.53. The normalized spacial score (nSPS) is 12.3. The molecule has 45 heavy (non-hydrogen) atoms. The maximum absolute atomic E-state index is 13.4. The molecule has 13 heteroatoms. The molecule has 0 spiro atoms. The number of anilines is 3. The van der Waals surface area contributed by atoms with Crippen molar-refractivity contribution in [2.45, 2.75) is 50.0 Å². The van der Waals surface area contributed by atoms with Gasteiger partial charge in [-0.3, -0.25) is 4.72 Å². The Morgan fingerprint density at radius 1 is 0.933 bits per heavy atom. The van der Waals surface area contributed by atoms with Crippen LogP contribution in [0.25, 0.3) is 0 Å². The van der Waals surface area contributed by atoms with E-state index in [1.165, 1.54) is 24.3 Å². The highest BCUT2D eigenvalue weighted by atomic mass is 79.9. The fourth-order valence-electron chi connectivity index (χ4n) is 4.36. The number of hydrogen-bond acceptors (Lipinski definition) is 6. The highest BCUT2D eigenvalue weighted by Gasteiger charge is 2.34. The lowest BCUT2D eigenvalue weighted by atomic mass is 10.1. The van der Waals surface area contributed by atoms with Gasteiger partial charge >= 0.3 is 12.3 Å². The average Bonchev–Trinajstić information content (AvgIpc) is 2.97. The third kappa shape index (κ3) is 9.88. The number of halogens is 4. The molecule has 0 heterocycles. The first-order chi connectivity index (χ1) is 21.3. The van der Waals surface area contributed by atoms with Gasteiger partial charge in [0.2, 0.25) is 0 Å². The summed E-state index contributed by atoms with van der Waals surface area (Å²) in [5, 5.41) is 12.9. The Morgan fingerprint density at radius 2 is 1.64 bits per heavy atom. The molecule has 1 atom stereocenters. The minimum absolute atomic E-state index is 0.0341. The molecule has 0 aliphatic rings. The summed E-state index contributed by atoms with van der Waals surface area (Å²) in [6.45, 7) is 2.09. The van der Waals surface area contributed by atoms with Crippen molar-refractivity contribution in [3.8, 4) is 11.5 Å². The van der Waals surface area contributed by atoms with Crippen LogP contribution in [0.1, 0.15) is 30.9 Å². The fourth-order valence-corrected chi connectivity index (χ4v) is 5.89. The van der Waals surface area contributed by atoms with Crippen molar-refractivity contribution in [1.29, 1.82) is 0 Å². The van der Waals surface area contributed by atoms with Gasteiger partial charge in [0.05, 0.1) is 11.4 Å². The largest absolute Gasteiger partial charge is 0.573 e. The molecule has 238 valence electrons. The molecule has 0 saturated heterocycles. The Hall–Kier alpha value is -4.23. The number of aryl methyl sites for hydroxylation is 1. The molecule has 0 bridgehead atoms. The van der Waals surface area contributed by atoms with Crippen molar-refractivity contribution < 1.29 is 41.0 Å². The predicted octanol–water partition coefficient (Wildman–Crippen LogP) is 8.31. The number of carboxylic acids is 1. The Labute approximate surface area is 267 Å². The Kier molecular flexibility index (Phi) is 11.0. The van der Waals surface area contributed by atoms with Crippen LogP contribution < -0.4 is 19.5 Å². The van der Waals surface area contributed by atoms with Gasteiger partial charge in [0.25, 0.3) is 10.0 Å². The van der Waals surface area contributed by atoms with Crippen LogP contribution in [0.15, 0.2) is 100 Å². The summed E-state index contributed by atoms with van der Waals surface area (Å²) < 4.78 is 78.4. The topological polar surface area (TPSA) is 114 Å². The molecular weight excluding hydrogens is 677 g/mol. The quantitative estimate of drug-likeness (QED) is 0.121. The van der Waals surface area contributed by atoms with Crippen LogP contribution in [0, 0.1) is 0 Å². The molecule has 4 aromatic carbocycles.